The maximum atomic E-state index is 13.1. The van der Waals surface area contributed by atoms with Crippen molar-refractivity contribution in [3.63, 3.8) is 0 Å². The molecule has 0 aliphatic rings. The summed E-state index contributed by atoms with van der Waals surface area (Å²) in [5, 5.41) is 13.9. The van der Waals surface area contributed by atoms with Crippen LogP contribution in [0.3, 0.4) is 0 Å². The highest BCUT2D eigenvalue weighted by Crippen LogP contribution is 2.36. The molecule has 4 aromatic rings. The van der Waals surface area contributed by atoms with Crippen molar-refractivity contribution in [2.45, 2.75) is 12.3 Å². The highest BCUT2D eigenvalue weighted by molar-refractivity contribution is 9.10. The largest absolute Gasteiger partial charge is 0.416 e. The fourth-order valence-electron chi connectivity index (χ4n) is 3.26. The minimum absolute atomic E-state index is 0.0545. The van der Waals surface area contributed by atoms with Gasteiger partial charge in [0.05, 0.1) is 22.9 Å². The Bertz CT molecular complexity index is 1350. The van der Waals surface area contributed by atoms with Gasteiger partial charge in [0.15, 0.2) is 0 Å². The van der Waals surface area contributed by atoms with Crippen molar-refractivity contribution in [2.24, 2.45) is 0 Å². The summed E-state index contributed by atoms with van der Waals surface area (Å²) in [6.45, 7) is 0.0545. The molecule has 1 unspecified atom stereocenters. The second-order valence-corrected chi connectivity index (χ2v) is 8.28. The summed E-state index contributed by atoms with van der Waals surface area (Å²) in [6.07, 6.45) is -4.03. The smallest absolute Gasteiger partial charge is 0.387 e. The Balaban J connectivity index is 1.69. The van der Waals surface area contributed by atoms with E-state index in [2.05, 4.69) is 36.2 Å². The average molecular weight is 528 g/mol. The number of aliphatic hydroxyl groups is 1. The van der Waals surface area contributed by atoms with Gasteiger partial charge in [-0.05, 0) is 51.8 Å². The third-order valence-electron chi connectivity index (χ3n) is 4.78. The van der Waals surface area contributed by atoms with Gasteiger partial charge in [0.2, 0.25) is 0 Å². The molecule has 166 valence electrons. The monoisotopic (exact) mass is 526 g/mol. The van der Waals surface area contributed by atoms with Crippen LogP contribution in [0.1, 0.15) is 17.2 Å². The first-order chi connectivity index (χ1) is 15.1. The summed E-state index contributed by atoms with van der Waals surface area (Å²) in [5.74, 6) is 0.0848. The number of hydrogen-bond donors (Lipinski definition) is 4. The Morgan fingerprint density at radius 3 is 2.72 bits per heavy atom. The molecule has 4 N–H and O–H groups in total. The average Bonchev–Trinajstić information content (AvgIpc) is 3.15. The third kappa shape index (κ3) is 4.52. The van der Waals surface area contributed by atoms with Gasteiger partial charge in [-0.1, -0.05) is 23.7 Å². The molecule has 0 bridgehead atoms. The molecule has 0 amide bonds. The second-order valence-electron chi connectivity index (χ2n) is 6.98. The van der Waals surface area contributed by atoms with Gasteiger partial charge in [0.25, 0.3) is 5.56 Å². The molecule has 32 heavy (non-hydrogen) atoms. The van der Waals surface area contributed by atoms with Crippen LogP contribution in [0.5, 0.6) is 0 Å². The number of nitrogens with one attached hydrogen (secondary N) is 3. The van der Waals surface area contributed by atoms with Gasteiger partial charge in [-0.3, -0.25) is 4.79 Å². The Hall–Kier alpha value is -2.82. The van der Waals surface area contributed by atoms with Crippen LogP contribution in [0.2, 0.25) is 5.02 Å². The van der Waals surface area contributed by atoms with Crippen molar-refractivity contribution in [3.05, 3.63) is 79.6 Å². The van der Waals surface area contributed by atoms with E-state index in [1.807, 2.05) is 0 Å². The number of rotatable bonds is 5. The molecule has 0 spiro atoms. The number of pyridine rings is 1. The van der Waals surface area contributed by atoms with E-state index in [1.165, 1.54) is 6.20 Å². The SMILES string of the molecule is O=c1[nH]ccc(NCC(O)c2cccc(Cl)c2)c1-c1nc2c(Br)cc(C(F)(F)F)cc2[nH]1. The molecule has 2 heterocycles. The van der Waals surface area contributed by atoms with Crippen LogP contribution >= 0.6 is 27.5 Å². The van der Waals surface area contributed by atoms with Crippen molar-refractivity contribution in [2.75, 3.05) is 11.9 Å². The predicted octanol–water partition coefficient (Wildman–Crippen LogP) is 5.50. The molecule has 2 aromatic carbocycles. The first kappa shape index (κ1) is 22.4. The van der Waals surface area contributed by atoms with Crippen LogP contribution in [-0.4, -0.2) is 26.6 Å². The van der Waals surface area contributed by atoms with Crippen LogP contribution in [0, 0.1) is 0 Å². The number of alkyl halides is 3. The van der Waals surface area contributed by atoms with E-state index >= 15 is 0 Å². The van der Waals surface area contributed by atoms with Gasteiger partial charge >= 0.3 is 6.18 Å². The van der Waals surface area contributed by atoms with E-state index in [9.17, 15) is 23.1 Å². The zero-order chi connectivity index (χ0) is 23.0. The standard InChI is InChI=1S/C21H15BrClF3N4O2/c22-13-7-11(21(24,25)26)8-15-18(13)30-19(29-15)17-14(4-5-27-20(17)32)28-9-16(31)10-2-1-3-12(23)6-10/h1-8,16,31H,9H2,(H,29,30)(H2,27,28,32). The molecule has 0 saturated heterocycles. The lowest BCUT2D eigenvalue weighted by molar-refractivity contribution is -0.137. The van der Waals surface area contributed by atoms with E-state index < -0.39 is 23.4 Å². The van der Waals surface area contributed by atoms with Crippen molar-refractivity contribution >= 4 is 44.3 Å². The molecule has 0 saturated carbocycles. The van der Waals surface area contributed by atoms with Gasteiger partial charge in [-0.25, -0.2) is 4.98 Å². The Kier molecular flexibility index (Phi) is 6.02. The van der Waals surface area contributed by atoms with Gasteiger partial charge in [0.1, 0.15) is 16.9 Å². The van der Waals surface area contributed by atoms with Crippen LogP contribution in [-0.2, 0) is 6.18 Å². The topological polar surface area (TPSA) is 93.8 Å². The molecular weight excluding hydrogens is 513 g/mol. The zero-order valence-corrected chi connectivity index (χ0v) is 18.4. The minimum Gasteiger partial charge on any atom is -0.387 e. The Labute approximate surface area is 192 Å². The van der Waals surface area contributed by atoms with E-state index in [0.29, 0.717) is 16.3 Å². The van der Waals surface area contributed by atoms with E-state index in [1.54, 1.807) is 30.3 Å². The maximum Gasteiger partial charge on any atom is 0.416 e. The molecule has 2 aromatic heterocycles. The number of nitrogens with zero attached hydrogens (tertiary/aromatic N) is 1. The Morgan fingerprint density at radius 1 is 1.22 bits per heavy atom. The van der Waals surface area contributed by atoms with Gasteiger partial charge in [0, 0.05) is 22.2 Å². The number of anilines is 1. The fourth-order valence-corrected chi connectivity index (χ4v) is 4.00. The predicted molar refractivity (Wildman–Crippen MR) is 120 cm³/mol. The molecular formula is C21H15BrClF3N4O2. The summed E-state index contributed by atoms with van der Waals surface area (Å²) in [7, 11) is 0. The number of aromatic amines is 2. The molecule has 0 fully saturated rings. The number of H-pyrrole nitrogens is 2. The fraction of sp³-hybridized carbons (Fsp3) is 0.143. The molecule has 0 radical (unpaired) electrons. The zero-order valence-electron chi connectivity index (χ0n) is 16.1. The number of halogens is 5. The quantitative estimate of drug-likeness (QED) is 0.276. The summed E-state index contributed by atoms with van der Waals surface area (Å²) in [6, 6.07) is 10.2. The summed E-state index contributed by atoms with van der Waals surface area (Å²) in [4.78, 5) is 22.2. The highest BCUT2D eigenvalue weighted by atomic mass is 79.9. The molecule has 11 heteroatoms. The highest BCUT2D eigenvalue weighted by Gasteiger charge is 2.32. The van der Waals surface area contributed by atoms with Crippen molar-refractivity contribution in [3.8, 4) is 11.4 Å². The van der Waals surface area contributed by atoms with Crippen LogP contribution in [0.15, 0.2) is 57.9 Å². The molecule has 6 nitrogen and oxygen atoms in total. The number of benzene rings is 2. The summed E-state index contributed by atoms with van der Waals surface area (Å²) in [5.41, 5.74) is 0.0544. The number of aromatic nitrogens is 3. The lowest BCUT2D eigenvalue weighted by Gasteiger charge is -2.15. The number of hydrogen-bond acceptors (Lipinski definition) is 4. The molecule has 4 rings (SSSR count). The van der Waals surface area contributed by atoms with Gasteiger partial charge < -0.3 is 20.4 Å². The van der Waals surface area contributed by atoms with Crippen LogP contribution in [0.25, 0.3) is 22.4 Å². The van der Waals surface area contributed by atoms with Gasteiger partial charge in [-0.2, -0.15) is 13.2 Å². The van der Waals surface area contributed by atoms with Crippen molar-refractivity contribution < 1.29 is 18.3 Å². The van der Waals surface area contributed by atoms with E-state index in [4.69, 9.17) is 11.6 Å². The van der Waals surface area contributed by atoms with E-state index in [0.717, 1.165) is 12.1 Å². The minimum atomic E-state index is -4.53. The first-order valence-corrected chi connectivity index (χ1v) is 10.5. The third-order valence-corrected chi connectivity index (χ3v) is 5.62. The first-order valence-electron chi connectivity index (χ1n) is 9.29. The molecule has 0 aliphatic heterocycles. The van der Waals surface area contributed by atoms with Crippen LogP contribution in [0.4, 0.5) is 18.9 Å². The molecule has 0 aliphatic carbocycles. The normalized spacial score (nSPS) is 12.8. The summed E-state index contributed by atoms with van der Waals surface area (Å²) < 4.78 is 39.6. The number of imidazole rings is 1. The second kappa shape index (κ2) is 8.61. The van der Waals surface area contributed by atoms with Crippen molar-refractivity contribution in [1.82, 2.24) is 15.0 Å². The summed E-state index contributed by atoms with van der Waals surface area (Å²) >= 11 is 9.08. The van der Waals surface area contributed by atoms with Crippen molar-refractivity contribution in [1.29, 1.82) is 0 Å². The van der Waals surface area contributed by atoms with Crippen LogP contribution < -0.4 is 10.9 Å². The lowest BCUT2D eigenvalue weighted by Crippen LogP contribution is -2.17. The van der Waals surface area contributed by atoms with Gasteiger partial charge in [-0.15, -0.1) is 0 Å². The Morgan fingerprint density at radius 2 is 2.00 bits per heavy atom. The maximum absolute atomic E-state index is 13.1. The molecule has 1 atom stereocenters. The lowest BCUT2D eigenvalue weighted by atomic mass is 10.1. The van der Waals surface area contributed by atoms with E-state index in [-0.39, 0.29) is 33.4 Å². The number of aliphatic hydroxyl groups excluding tert-OH is 1. The number of fused-ring (bicyclic) bond motifs is 1.